The average Bonchev–Trinajstić information content (AvgIpc) is 3.31. The van der Waals surface area contributed by atoms with E-state index in [9.17, 15) is 31.5 Å². The van der Waals surface area contributed by atoms with Gasteiger partial charge in [0.15, 0.2) is 5.82 Å². The molecule has 0 radical (unpaired) electrons. The molecule has 1 fully saturated rings. The normalized spacial score (nSPS) is 15.8. The molecule has 2 amide bonds. The van der Waals surface area contributed by atoms with Crippen LogP contribution in [0.1, 0.15) is 31.0 Å². The number of halogens is 6. The van der Waals surface area contributed by atoms with E-state index >= 15 is 0 Å². The second kappa shape index (κ2) is 8.76. The van der Waals surface area contributed by atoms with Crippen LogP contribution in [0.5, 0.6) is 0 Å². The molecule has 1 atom stereocenters. The molecule has 9 nitrogen and oxygen atoms in total. The molecule has 3 rings (SSSR count). The molecule has 1 heterocycles. The highest BCUT2D eigenvalue weighted by atomic mass is 35.5. The van der Waals surface area contributed by atoms with Crippen LogP contribution in [0, 0.1) is 0 Å². The zero-order valence-electron chi connectivity index (χ0n) is 15.9. The van der Waals surface area contributed by atoms with Crippen LogP contribution in [0.2, 0.25) is 5.02 Å². The molecule has 1 saturated carbocycles. The lowest BCUT2D eigenvalue weighted by atomic mass is 10.0. The van der Waals surface area contributed by atoms with Crippen molar-refractivity contribution in [2.75, 3.05) is 6.61 Å². The van der Waals surface area contributed by atoms with Crippen LogP contribution >= 0.6 is 11.6 Å². The van der Waals surface area contributed by atoms with Gasteiger partial charge in [-0.1, -0.05) is 17.7 Å². The van der Waals surface area contributed by atoms with Crippen LogP contribution in [0.4, 0.5) is 31.5 Å². The highest BCUT2D eigenvalue weighted by Gasteiger charge is 2.64. The number of benzene rings is 1. The molecule has 0 spiro atoms. The number of nitrogens with one attached hydrogen (secondary N) is 2. The lowest BCUT2D eigenvalue weighted by Crippen LogP contribution is -2.48. The SMILES string of the molecule is O=C(O)N[C@H](COC(=O)NC1(C(F)(F)F)CC1)c1ccc(Cl)c(-c2ncnn2C(F)F)c1. The van der Waals surface area contributed by atoms with E-state index < -0.39 is 43.1 Å². The van der Waals surface area contributed by atoms with Crippen molar-refractivity contribution in [1.29, 1.82) is 0 Å². The Labute approximate surface area is 181 Å². The van der Waals surface area contributed by atoms with Crippen LogP contribution in [0.15, 0.2) is 24.5 Å². The third-order valence-corrected chi connectivity index (χ3v) is 5.03. The van der Waals surface area contributed by atoms with Crippen LogP contribution in [0.3, 0.4) is 0 Å². The number of carbonyl (C=O) groups is 2. The van der Waals surface area contributed by atoms with Gasteiger partial charge < -0.3 is 20.5 Å². The summed E-state index contributed by atoms with van der Waals surface area (Å²) in [7, 11) is 0. The molecule has 15 heteroatoms. The minimum atomic E-state index is -4.66. The molecule has 0 unspecified atom stereocenters. The third-order valence-electron chi connectivity index (χ3n) is 4.70. The fourth-order valence-corrected chi connectivity index (χ4v) is 3.08. The van der Waals surface area contributed by atoms with Crippen molar-refractivity contribution in [2.24, 2.45) is 0 Å². The van der Waals surface area contributed by atoms with Gasteiger partial charge in [0, 0.05) is 5.56 Å². The van der Waals surface area contributed by atoms with Gasteiger partial charge in [-0.3, -0.25) is 0 Å². The first-order valence-corrected chi connectivity index (χ1v) is 9.30. The summed E-state index contributed by atoms with van der Waals surface area (Å²) >= 11 is 6.06. The van der Waals surface area contributed by atoms with Gasteiger partial charge in [-0.25, -0.2) is 14.6 Å². The minimum Gasteiger partial charge on any atom is -0.465 e. The fourth-order valence-electron chi connectivity index (χ4n) is 2.88. The summed E-state index contributed by atoms with van der Waals surface area (Å²) in [4.78, 5) is 26.7. The third kappa shape index (κ3) is 5.00. The molecule has 32 heavy (non-hydrogen) atoms. The Morgan fingerprint density at radius 1 is 1.31 bits per heavy atom. The van der Waals surface area contributed by atoms with Gasteiger partial charge in [0.05, 0.1) is 11.1 Å². The maximum atomic E-state index is 13.1. The molecule has 1 aromatic heterocycles. The van der Waals surface area contributed by atoms with Gasteiger partial charge in [-0.15, -0.1) is 0 Å². The molecule has 1 aliphatic carbocycles. The van der Waals surface area contributed by atoms with E-state index in [2.05, 4.69) is 10.1 Å². The standard InChI is InChI=1S/C17H15ClF5N5O4/c18-10-2-1-8(5-9(10)12-24-7-25-28(12)13(19)20)11(26-14(29)30)6-32-15(31)27-16(3-4-16)17(21,22)23/h1-2,5,7,11,13,26H,3-4,6H2,(H,27,31)(H,29,30)/t11-/m1/s1. The smallest absolute Gasteiger partial charge is 0.411 e. The van der Waals surface area contributed by atoms with Crippen molar-refractivity contribution < 1.29 is 41.4 Å². The molecule has 1 aromatic carbocycles. The lowest BCUT2D eigenvalue weighted by Gasteiger charge is -2.22. The number of ether oxygens (including phenoxy) is 1. The molecular formula is C17H15ClF5N5O4. The monoisotopic (exact) mass is 483 g/mol. The number of alkyl halides is 5. The van der Waals surface area contributed by atoms with Crippen LogP contribution in [-0.4, -0.2) is 50.4 Å². The summed E-state index contributed by atoms with van der Waals surface area (Å²) in [5, 5.41) is 16.2. The van der Waals surface area contributed by atoms with Crippen molar-refractivity contribution in [3.63, 3.8) is 0 Å². The summed E-state index contributed by atoms with van der Waals surface area (Å²) in [6.07, 6.45) is -7.29. The Balaban J connectivity index is 1.80. The first kappa shape index (κ1) is 23.5. The van der Waals surface area contributed by atoms with E-state index in [1.165, 1.54) is 18.2 Å². The first-order valence-electron chi connectivity index (χ1n) is 8.92. The first-order chi connectivity index (χ1) is 14.9. The highest BCUT2D eigenvalue weighted by Crippen LogP contribution is 2.48. The number of rotatable bonds is 7. The van der Waals surface area contributed by atoms with Gasteiger partial charge in [0.2, 0.25) is 0 Å². The number of aromatic nitrogens is 3. The van der Waals surface area contributed by atoms with E-state index in [4.69, 9.17) is 21.4 Å². The predicted octanol–water partition coefficient (Wildman–Crippen LogP) is 4.12. The Morgan fingerprint density at radius 2 is 2.00 bits per heavy atom. The second-order valence-electron chi connectivity index (χ2n) is 6.85. The van der Waals surface area contributed by atoms with E-state index in [1.807, 2.05) is 5.32 Å². The molecule has 2 aromatic rings. The number of carboxylic acid groups (broad SMARTS) is 1. The molecule has 0 bridgehead atoms. The Kier molecular flexibility index (Phi) is 6.44. The number of hydrogen-bond acceptors (Lipinski definition) is 5. The molecular weight excluding hydrogens is 469 g/mol. The van der Waals surface area contributed by atoms with Crippen LogP contribution in [0.25, 0.3) is 11.4 Å². The topological polar surface area (TPSA) is 118 Å². The zero-order valence-corrected chi connectivity index (χ0v) is 16.6. The molecule has 0 aliphatic heterocycles. The van der Waals surface area contributed by atoms with E-state index in [0.717, 1.165) is 6.33 Å². The Hall–Kier alpha value is -3.16. The van der Waals surface area contributed by atoms with Gasteiger partial charge in [-0.2, -0.15) is 31.7 Å². The zero-order chi connectivity index (χ0) is 23.7. The van der Waals surface area contributed by atoms with Gasteiger partial charge in [0.1, 0.15) is 18.5 Å². The van der Waals surface area contributed by atoms with E-state index in [0.29, 0.717) is 4.68 Å². The number of hydrogen-bond donors (Lipinski definition) is 3. The molecule has 174 valence electrons. The maximum absolute atomic E-state index is 13.1. The number of nitrogens with zero attached hydrogens (tertiary/aromatic N) is 3. The second-order valence-corrected chi connectivity index (χ2v) is 7.26. The predicted molar refractivity (Wildman–Crippen MR) is 98.1 cm³/mol. The minimum absolute atomic E-state index is 0.00256. The highest BCUT2D eigenvalue weighted by molar-refractivity contribution is 6.33. The van der Waals surface area contributed by atoms with Crippen LogP contribution < -0.4 is 10.6 Å². The Morgan fingerprint density at radius 3 is 2.56 bits per heavy atom. The number of amides is 2. The lowest BCUT2D eigenvalue weighted by molar-refractivity contribution is -0.164. The summed E-state index contributed by atoms with van der Waals surface area (Å²) in [5.74, 6) is -0.305. The van der Waals surface area contributed by atoms with Gasteiger partial charge in [0.25, 0.3) is 0 Å². The maximum Gasteiger partial charge on any atom is 0.411 e. The summed E-state index contributed by atoms with van der Waals surface area (Å²) in [6, 6.07) is 2.58. The van der Waals surface area contributed by atoms with Crippen molar-refractivity contribution in [2.45, 2.75) is 37.1 Å². The van der Waals surface area contributed by atoms with Crippen molar-refractivity contribution >= 4 is 23.8 Å². The van der Waals surface area contributed by atoms with E-state index in [-0.39, 0.29) is 34.8 Å². The summed E-state index contributed by atoms with van der Waals surface area (Å²) in [6.45, 7) is -3.72. The quantitative estimate of drug-likeness (QED) is 0.510. The van der Waals surface area contributed by atoms with Crippen molar-refractivity contribution in [1.82, 2.24) is 25.4 Å². The van der Waals surface area contributed by atoms with Gasteiger partial charge >= 0.3 is 24.9 Å². The molecule has 0 saturated heterocycles. The van der Waals surface area contributed by atoms with E-state index in [1.54, 1.807) is 5.32 Å². The van der Waals surface area contributed by atoms with Crippen molar-refractivity contribution in [3.8, 4) is 11.4 Å². The summed E-state index contributed by atoms with van der Waals surface area (Å²) in [5.41, 5.74) is -2.25. The number of alkyl carbamates (subject to hydrolysis) is 1. The fraction of sp³-hybridized carbons (Fsp3) is 0.412. The molecule has 1 aliphatic rings. The van der Waals surface area contributed by atoms with Gasteiger partial charge in [-0.05, 0) is 30.5 Å². The average molecular weight is 484 g/mol. The largest absolute Gasteiger partial charge is 0.465 e. The molecule has 3 N–H and O–H groups in total. The van der Waals surface area contributed by atoms with Crippen molar-refractivity contribution in [3.05, 3.63) is 35.1 Å². The number of carbonyl (C=O) groups excluding carboxylic acids is 1. The van der Waals surface area contributed by atoms with Crippen LogP contribution in [-0.2, 0) is 4.74 Å². The summed E-state index contributed by atoms with van der Waals surface area (Å²) < 4.78 is 70.2. The Bertz CT molecular complexity index is 1010.